The minimum absolute atomic E-state index is 0.0252. The van der Waals surface area contributed by atoms with E-state index >= 15 is 0 Å². The van der Waals surface area contributed by atoms with Crippen LogP contribution < -0.4 is 16.2 Å². The SMILES string of the molecule is COC(=O)NNC(=O)c1cccc(C=O)c1NC(=O)c1cc(Br)nn1-c1ncccc1Cl. The van der Waals surface area contributed by atoms with Gasteiger partial charge < -0.3 is 10.1 Å². The maximum Gasteiger partial charge on any atom is 0.425 e. The molecule has 11 nitrogen and oxygen atoms in total. The van der Waals surface area contributed by atoms with Gasteiger partial charge in [-0.1, -0.05) is 17.7 Å². The molecule has 13 heteroatoms. The Morgan fingerprint density at radius 1 is 1.16 bits per heavy atom. The second-order valence-electron chi connectivity index (χ2n) is 5.99. The molecule has 3 N–H and O–H groups in total. The number of ether oxygens (including phenoxy) is 1. The van der Waals surface area contributed by atoms with Gasteiger partial charge in [0.2, 0.25) is 0 Å². The second-order valence-corrected chi connectivity index (χ2v) is 7.21. The molecule has 3 aromatic rings. The topological polar surface area (TPSA) is 144 Å². The van der Waals surface area contributed by atoms with Crippen molar-refractivity contribution in [3.05, 3.63) is 69.0 Å². The van der Waals surface area contributed by atoms with Gasteiger partial charge >= 0.3 is 6.09 Å². The molecule has 0 unspecified atom stereocenters. The quantitative estimate of drug-likeness (QED) is 0.346. The molecule has 1 aromatic carbocycles. The summed E-state index contributed by atoms with van der Waals surface area (Å²) in [5, 5.41) is 6.97. The highest BCUT2D eigenvalue weighted by atomic mass is 79.9. The fourth-order valence-electron chi connectivity index (χ4n) is 2.61. The van der Waals surface area contributed by atoms with Crippen molar-refractivity contribution in [1.82, 2.24) is 25.6 Å². The summed E-state index contributed by atoms with van der Waals surface area (Å²) in [7, 11) is 1.12. The monoisotopic (exact) mass is 520 g/mol. The van der Waals surface area contributed by atoms with Gasteiger partial charge in [0.15, 0.2) is 12.1 Å². The van der Waals surface area contributed by atoms with Gasteiger partial charge in [0.1, 0.15) is 10.3 Å². The molecule has 0 saturated heterocycles. The summed E-state index contributed by atoms with van der Waals surface area (Å²) in [4.78, 5) is 52.5. The Labute approximate surface area is 194 Å². The average Bonchev–Trinajstić information content (AvgIpc) is 3.19. The van der Waals surface area contributed by atoms with Crippen LogP contribution in [0.25, 0.3) is 5.82 Å². The summed E-state index contributed by atoms with van der Waals surface area (Å²) < 4.78 is 5.92. The number of rotatable bonds is 5. The number of methoxy groups -OCH3 is 1. The number of amides is 3. The third-order valence-corrected chi connectivity index (χ3v) is 4.70. The first-order valence-corrected chi connectivity index (χ1v) is 9.93. The highest BCUT2D eigenvalue weighted by Crippen LogP contribution is 2.24. The van der Waals surface area contributed by atoms with E-state index in [1.165, 1.54) is 35.1 Å². The Hall–Kier alpha value is -3.77. The van der Waals surface area contributed by atoms with Crippen molar-refractivity contribution in [1.29, 1.82) is 0 Å². The molecule has 164 valence electrons. The Balaban J connectivity index is 1.97. The number of carbonyl (C=O) groups excluding carboxylic acids is 4. The predicted molar refractivity (Wildman–Crippen MR) is 117 cm³/mol. The standard InChI is InChI=1S/C19H14BrClN6O5/c1-32-19(31)25-24-17(29)11-5-2-4-10(9-28)15(11)23-18(30)13-8-14(20)26-27(13)16-12(21)6-3-7-22-16/h2-9H,1H3,(H,23,30)(H,24,29)(H,25,31). The molecule has 0 aliphatic carbocycles. The Kier molecular flexibility index (Phi) is 7.18. The molecule has 3 amide bonds. The maximum absolute atomic E-state index is 13.1. The largest absolute Gasteiger partial charge is 0.452 e. The van der Waals surface area contributed by atoms with Crippen LogP contribution in [0.4, 0.5) is 10.5 Å². The molecule has 2 aromatic heterocycles. The molecule has 0 radical (unpaired) electrons. The zero-order valence-electron chi connectivity index (χ0n) is 16.3. The van der Waals surface area contributed by atoms with E-state index < -0.39 is 17.9 Å². The number of para-hydroxylation sites is 1. The first-order chi connectivity index (χ1) is 15.3. The fraction of sp³-hybridized carbons (Fsp3) is 0.0526. The number of hydrazine groups is 1. The van der Waals surface area contributed by atoms with Crippen LogP contribution in [0, 0.1) is 0 Å². The van der Waals surface area contributed by atoms with Gasteiger partial charge in [-0.15, -0.1) is 0 Å². The number of halogens is 2. The minimum Gasteiger partial charge on any atom is -0.452 e. The van der Waals surface area contributed by atoms with Crippen molar-refractivity contribution in [2.75, 3.05) is 12.4 Å². The first-order valence-electron chi connectivity index (χ1n) is 8.76. The maximum atomic E-state index is 13.1. The van der Waals surface area contributed by atoms with E-state index in [-0.39, 0.29) is 33.3 Å². The van der Waals surface area contributed by atoms with Crippen LogP contribution in [-0.4, -0.2) is 46.1 Å². The van der Waals surface area contributed by atoms with Crippen molar-refractivity contribution >= 4 is 57.4 Å². The van der Waals surface area contributed by atoms with Crippen LogP contribution in [0.1, 0.15) is 31.2 Å². The smallest absolute Gasteiger partial charge is 0.425 e. The van der Waals surface area contributed by atoms with Crippen molar-refractivity contribution < 1.29 is 23.9 Å². The number of anilines is 1. The van der Waals surface area contributed by atoms with Crippen molar-refractivity contribution in [3.8, 4) is 5.82 Å². The minimum atomic E-state index is -0.906. The predicted octanol–water partition coefficient (Wildman–Crippen LogP) is 2.75. The summed E-state index contributed by atoms with van der Waals surface area (Å²) in [5.74, 6) is -1.29. The molecule has 0 aliphatic heterocycles. The third-order valence-electron chi connectivity index (χ3n) is 4.02. The van der Waals surface area contributed by atoms with Gasteiger partial charge in [0.25, 0.3) is 11.8 Å². The summed E-state index contributed by atoms with van der Waals surface area (Å²) >= 11 is 9.39. The average molecular weight is 522 g/mol. The Morgan fingerprint density at radius 3 is 2.62 bits per heavy atom. The highest BCUT2D eigenvalue weighted by molar-refractivity contribution is 9.10. The molecular formula is C19H14BrClN6O5. The molecule has 0 fully saturated rings. The Morgan fingerprint density at radius 2 is 1.94 bits per heavy atom. The van der Waals surface area contributed by atoms with Crippen LogP contribution in [-0.2, 0) is 4.74 Å². The molecular weight excluding hydrogens is 508 g/mol. The third kappa shape index (κ3) is 4.92. The molecule has 2 heterocycles. The van der Waals surface area contributed by atoms with Crippen LogP contribution in [0.5, 0.6) is 0 Å². The molecule has 0 spiro atoms. The number of nitrogens with one attached hydrogen (secondary N) is 3. The normalized spacial score (nSPS) is 10.2. The van der Waals surface area contributed by atoms with E-state index in [1.807, 2.05) is 5.43 Å². The fourth-order valence-corrected chi connectivity index (χ4v) is 3.19. The Bertz CT molecular complexity index is 1210. The van der Waals surface area contributed by atoms with Gasteiger partial charge in [-0.2, -0.15) is 5.10 Å². The van der Waals surface area contributed by atoms with Crippen molar-refractivity contribution in [2.45, 2.75) is 0 Å². The van der Waals surface area contributed by atoms with Crippen LogP contribution >= 0.6 is 27.5 Å². The molecule has 0 atom stereocenters. The lowest BCUT2D eigenvalue weighted by Gasteiger charge is -2.14. The molecule has 0 bridgehead atoms. The van der Waals surface area contributed by atoms with Gasteiger partial charge in [0, 0.05) is 17.8 Å². The van der Waals surface area contributed by atoms with E-state index in [1.54, 1.807) is 12.1 Å². The van der Waals surface area contributed by atoms with Crippen molar-refractivity contribution in [3.63, 3.8) is 0 Å². The van der Waals surface area contributed by atoms with E-state index in [2.05, 4.69) is 41.5 Å². The number of pyridine rings is 1. The van der Waals surface area contributed by atoms with Crippen LogP contribution in [0.2, 0.25) is 5.02 Å². The number of carbonyl (C=O) groups is 4. The summed E-state index contributed by atoms with van der Waals surface area (Å²) in [6.07, 6.45) is 1.05. The zero-order valence-corrected chi connectivity index (χ0v) is 18.6. The lowest BCUT2D eigenvalue weighted by molar-refractivity contribution is 0.0921. The molecule has 0 aliphatic rings. The molecule has 0 saturated carbocycles. The number of aromatic nitrogens is 3. The summed E-state index contributed by atoms with van der Waals surface area (Å²) in [6, 6.07) is 8.84. The van der Waals surface area contributed by atoms with Gasteiger partial charge in [-0.25, -0.2) is 19.9 Å². The first kappa shape index (κ1) is 22.9. The summed E-state index contributed by atoms with van der Waals surface area (Å²) in [6.45, 7) is 0. The van der Waals surface area contributed by atoms with E-state index in [0.29, 0.717) is 10.9 Å². The van der Waals surface area contributed by atoms with Crippen LogP contribution in [0.3, 0.4) is 0 Å². The van der Waals surface area contributed by atoms with E-state index in [4.69, 9.17) is 11.6 Å². The number of hydrogen-bond donors (Lipinski definition) is 3. The highest BCUT2D eigenvalue weighted by Gasteiger charge is 2.22. The number of nitrogens with zero attached hydrogens (tertiary/aromatic N) is 3. The second kappa shape index (κ2) is 10.0. The summed E-state index contributed by atoms with van der Waals surface area (Å²) in [5.41, 5.74) is 4.03. The van der Waals surface area contributed by atoms with Gasteiger partial charge in [-0.3, -0.25) is 19.8 Å². The van der Waals surface area contributed by atoms with Gasteiger partial charge in [-0.05, 0) is 40.2 Å². The molecule has 3 rings (SSSR count). The van der Waals surface area contributed by atoms with Crippen LogP contribution in [0.15, 0.2) is 47.2 Å². The number of hydrogen-bond acceptors (Lipinski definition) is 7. The van der Waals surface area contributed by atoms with Crippen molar-refractivity contribution in [2.24, 2.45) is 0 Å². The van der Waals surface area contributed by atoms with E-state index in [0.717, 1.165) is 7.11 Å². The van der Waals surface area contributed by atoms with E-state index in [9.17, 15) is 19.2 Å². The number of aldehydes is 1. The zero-order chi connectivity index (χ0) is 23.3. The lowest BCUT2D eigenvalue weighted by atomic mass is 10.1. The number of benzene rings is 1. The lowest BCUT2D eigenvalue weighted by Crippen LogP contribution is -2.41. The van der Waals surface area contributed by atoms with Gasteiger partial charge in [0.05, 0.1) is 23.4 Å². The molecule has 32 heavy (non-hydrogen) atoms.